The van der Waals surface area contributed by atoms with Crippen LogP contribution in [0.5, 0.6) is 0 Å². The molecule has 1 N–H and O–H groups in total. The van der Waals surface area contributed by atoms with Gasteiger partial charge in [0.1, 0.15) is 5.82 Å². The maximum Gasteiger partial charge on any atom is 0.317 e. The van der Waals surface area contributed by atoms with E-state index in [1.807, 2.05) is 17.0 Å². The summed E-state index contributed by atoms with van der Waals surface area (Å²) in [6.45, 7) is 4.52. The smallest absolute Gasteiger partial charge is 0.317 e. The fraction of sp³-hybridized carbons (Fsp3) is 0.632. The lowest BCUT2D eigenvalue weighted by Gasteiger charge is -2.32. The van der Waals surface area contributed by atoms with Crippen LogP contribution in [0.1, 0.15) is 24.8 Å². The molecule has 2 aliphatic rings. The van der Waals surface area contributed by atoms with Crippen molar-refractivity contribution >= 4 is 6.03 Å². The fourth-order valence-corrected chi connectivity index (χ4v) is 3.85. The first-order valence-electron chi connectivity index (χ1n) is 9.06. The summed E-state index contributed by atoms with van der Waals surface area (Å²) in [5, 5.41) is 3.09. The topological polar surface area (TPSA) is 35.6 Å². The lowest BCUT2D eigenvalue weighted by molar-refractivity contribution is 0.168. The largest absolute Gasteiger partial charge is 0.338 e. The second-order valence-corrected chi connectivity index (χ2v) is 7.33. The number of piperidine rings is 1. The van der Waals surface area contributed by atoms with Crippen molar-refractivity contribution in [1.82, 2.24) is 15.1 Å². The third-order valence-electron chi connectivity index (χ3n) is 5.40. The predicted molar refractivity (Wildman–Crippen MR) is 93.4 cm³/mol. The van der Waals surface area contributed by atoms with Gasteiger partial charge in [0.15, 0.2) is 0 Å². The summed E-state index contributed by atoms with van der Waals surface area (Å²) in [4.78, 5) is 16.5. The Morgan fingerprint density at radius 1 is 1.17 bits per heavy atom. The zero-order valence-electron chi connectivity index (χ0n) is 14.5. The first kappa shape index (κ1) is 17.2. The van der Waals surface area contributed by atoms with Gasteiger partial charge in [-0.2, -0.15) is 0 Å². The van der Waals surface area contributed by atoms with Gasteiger partial charge in [0.25, 0.3) is 0 Å². The number of hydrogen-bond donors (Lipinski definition) is 1. The molecular weight excluding hydrogens is 305 g/mol. The minimum atomic E-state index is -0.112. The van der Waals surface area contributed by atoms with Crippen molar-refractivity contribution in [2.45, 2.75) is 25.7 Å². The Kier molecular flexibility index (Phi) is 5.72. The van der Waals surface area contributed by atoms with Crippen LogP contribution in [0.4, 0.5) is 9.18 Å². The Balaban J connectivity index is 1.40. The van der Waals surface area contributed by atoms with E-state index in [1.165, 1.54) is 12.5 Å². The van der Waals surface area contributed by atoms with Crippen LogP contribution in [0.25, 0.3) is 0 Å². The van der Waals surface area contributed by atoms with Crippen molar-refractivity contribution in [3.05, 3.63) is 35.6 Å². The molecule has 0 aromatic heterocycles. The molecule has 132 valence electrons. The highest BCUT2D eigenvalue weighted by molar-refractivity contribution is 5.74. The molecule has 2 heterocycles. The summed E-state index contributed by atoms with van der Waals surface area (Å²) < 4.78 is 13.7. The average molecular weight is 333 g/mol. The summed E-state index contributed by atoms with van der Waals surface area (Å²) in [5.74, 6) is 0.936. The number of benzene rings is 1. The Morgan fingerprint density at radius 3 is 2.54 bits per heavy atom. The minimum absolute atomic E-state index is 0.0638. The van der Waals surface area contributed by atoms with Gasteiger partial charge >= 0.3 is 6.03 Å². The Labute approximate surface area is 144 Å². The number of nitrogens with one attached hydrogen (secondary N) is 1. The number of carbonyl (C=O) groups excluding carboxylic acids is 1. The lowest BCUT2D eigenvalue weighted by Crippen LogP contribution is -2.46. The van der Waals surface area contributed by atoms with E-state index < -0.39 is 0 Å². The van der Waals surface area contributed by atoms with Crippen molar-refractivity contribution in [3.8, 4) is 0 Å². The van der Waals surface area contributed by atoms with Gasteiger partial charge in [-0.3, -0.25) is 0 Å². The standard InChI is InChI=1S/C19H28FN3O/c1-22-9-6-16(14-22)13-21-19(24)23-10-7-15(8-11-23)12-17-4-2-3-5-18(17)20/h2-5,15-16H,6-14H2,1H3,(H,21,24)/t16-/m0/s1. The van der Waals surface area contributed by atoms with Gasteiger partial charge in [0, 0.05) is 26.2 Å². The molecule has 2 fully saturated rings. The Morgan fingerprint density at radius 2 is 1.88 bits per heavy atom. The summed E-state index contributed by atoms with van der Waals surface area (Å²) in [5.41, 5.74) is 0.797. The predicted octanol–water partition coefficient (Wildman–Crippen LogP) is 2.74. The van der Waals surface area contributed by atoms with Crippen LogP contribution in [0.2, 0.25) is 0 Å². The molecular formula is C19H28FN3O. The van der Waals surface area contributed by atoms with Gasteiger partial charge in [-0.15, -0.1) is 0 Å². The van der Waals surface area contributed by atoms with E-state index in [2.05, 4.69) is 17.3 Å². The monoisotopic (exact) mass is 333 g/mol. The third kappa shape index (κ3) is 4.47. The normalized spacial score (nSPS) is 22.8. The van der Waals surface area contributed by atoms with Crippen LogP contribution in [0, 0.1) is 17.7 Å². The SMILES string of the molecule is CN1CC[C@@H](CNC(=O)N2CCC(Cc3ccccc3F)CC2)C1. The van der Waals surface area contributed by atoms with Crippen molar-refractivity contribution in [2.24, 2.45) is 11.8 Å². The van der Waals surface area contributed by atoms with E-state index in [0.29, 0.717) is 11.8 Å². The Bertz CT molecular complexity index is 557. The molecule has 1 aromatic rings. The molecule has 24 heavy (non-hydrogen) atoms. The molecule has 4 nitrogen and oxygen atoms in total. The lowest BCUT2D eigenvalue weighted by atomic mass is 9.90. The first-order chi connectivity index (χ1) is 11.6. The third-order valence-corrected chi connectivity index (χ3v) is 5.40. The second-order valence-electron chi connectivity index (χ2n) is 7.33. The highest BCUT2D eigenvalue weighted by Gasteiger charge is 2.25. The number of urea groups is 1. The number of rotatable bonds is 4. The van der Waals surface area contributed by atoms with Crippen LogP contribution in [-0.4, -0.2) is 55.6 Å². The quantitative estimate of drug-likeness (QED) is 0.920. The van der Waals surface area contributed by atoms with E-state index in [0.717, 1.165) is 57.5 Å². The number of halogens is 1. The van der Waals surface area contributed by atoms with Crippen LogP contribution in [0.3, 0.4) is 0 Å². The maximum atomic E-state index is 13.7. The molecule has 0 bridgehead atoms. The number of carbonyl (C=O) groups is 1. The highest BCUT2D eigenvalue weighted by atomic mass is 19.1. The summed E-state index contributed by atoms with van der Waals surface area (Å²) in [6, 6.07) is 7.08. The summed E-state index contributed by atoms with van der Waals surface area (Å²) in [7, 11) is 2.13. The summed E-state index contributed by atoms with van der Waals surface area (Å²) >= 11 is 0. The second kappa shape index (κ2) is 7.97. The van der Waals surface area contributed by atoms with Gasteiger partial charge in [-0.05, 0) is 62.7 Å². The van der Waals surface area contributed by atoms with E-state index in [1.54, 1.807) is 6.07 Å². The van der Waals surface area contributed by atoms with Crippen molar-refractivity contribution in [3.63, 3.8) is 0 Å². The zero-order valence-corrected chi connectivity index (χ0v) is 14.5. The molecule has 2 amide bonds. The van der Waals surface area contributed by atoms with Crippen LogP contribution < -0.4 is 5.32 Å². The van der Waals surface area contributed by atoms with Crippen LogP contribution in [-0.2, 0) is 6.42 Å². The molecule has 0 unspecified atom stereocenters. The number of likely N-dealkylation sites (tertiary alicyclic amines) is 2. The van der Waals surface area contributed by atoms with Gasteiger partial charge < -0.3 is 15.1 Å². The van der Waals surface area contributed by atoms with Crippen LogP contribution >= 0.6 is 0 Å². The average Bonchev–Trinajstić information content (AvgIpc) is 3.01. The molecule has 2 saturated heterocycles. The van der Waals surface area contributed by atoms with Gasteiger partial charge in [0.2, 0.25) is 0 Å². The molecule has 0 spiro atoms. The molecule has 5 heteroatoms. The number of amides is 2. The van der Waals surface area contributed by atoms with E-state index in [-0.39, 0.29) is 11.8 Å². The fourth-order valence-electron chi connectivity index (χ4n) is 3.85. The maximum absolute atomic E-state index is 13.7. The van der Waals surface area contributed by atoms with Crippen LogP contribution in [0.15, 0.2) is 24.3 Å². The van der Waals surface area contributed by atoms with Crippen molar-refractivity contribution < 1.29 is 9.18 Å². The molecule has 0 saturated carbocycles. The zero-order chi connectivity index (χ0) is 16.9. The number of hydrogen-bond acceptors (Lipinski definition) is 2. The van der Waals surface area contributed by atoms with Crippen molar-refractivity contribution in [2.75, 3.05) is 39.8 Å². The van der Waals surface area contributed by atoms with Crippen molar-refractivity contribution in [1.29, 1.82) is 0 Å². The molecule has 3 rings (SSSR count). The molecule has 2 aliphatic heterocycles. The van der Waals surface area contributed by atoms with E-state index >= 15 is 0 Å². The molecule has 1 aromatic carbocycles. The Hall–Kier alpha value is -1.62. The van der Waals surface area contributed by atoms with Gasteiger partial charge in [-0.1, -0.05) is 18.2 Å². The van der Waals surface area contributed by atoms with E-state index in [4.69, 9.17) is 0 Å². The number of nitrogens with zero attached hydrogens (tertiary/aromatic N) is 2. The molecule has 1 atom stereocenters. The molecule has 0 aliphatic carbocycles. The first-order valence-corrected chi connectivity index (χ1v) is 9.06. The van der Waals surface area contributed by atoms with E-state index in [9.17, 15) is 9.18 Å². The molecule has 0 radical (unpaired) electrons. The van der Waals surface area contributed by atoms with Gasteiger partial charge in [-0.25, -0.2) is 9.18 Å². The van der Waals surface area contributed by atoms with Gasteiger partial charge in [0.05, 0.1) is 0 Å². The minimum Gasteiger partial charge on any atom is -0.338 e. The summed E-state index contributed by atoms with van der Waals surface area (Å²) in [6.07, 6.45) is 3.85. The highest BCUT2D eigenvalue weighted by Crippen LogP contribution is 2.23.